The molecule has 3 nitrogen and oxygen atoms in total. The van der Waals surface area contributed by atoms with Gasteiger partial charge >= 0.3 is 0 Å². The Bertz CT molecular complexity index is 594. The van der Waals surface area contributed by atoms with Crippen molar-refractivity contribution >= 4 is 0 Å². The Kier molecular flexibility index (Phi) is 4.32. The summed E-state index contributed by atoms with van der Waals surface area (Å²) in [5.74, 6) is 0. The lowest BCUT2D eigenvalue weighted by molar-refractivity contribution is 0.0298. The molecule has 0 bridgehead atoms. The highest BCUT2D eigenvalue weighted by molar-refractivity contribution is 5.31. The fourth-order valence-corrected chi connectivity index (χ4v) is 2.99. The van der Waals surface area contributed by atoms with Crippen molar-refractivity contribution in [3.05, 3.63) is 65.0 Å². The standard InChI is InChI=1S/C18H22N2O/c1-13-7-8-15(12-20-13)17(19-2)11-18-16-6-4-3-5-14(16)9-10-21-18/h3-8,12,17-19H,9-11H2,1-2H3. The lowest BCUT2D eigenvalue weighted by atomic mass is 9.92. The molecule has 0 aliphatic carbocycles. The zero-order chi connectivity index (χ0) is 14.7. The van der Waals surface area contributed by atoms with Crippen LogP contribution in [0, 0.1) is 6.92 Å². The largest absolute Gasteiger partial charge is 0.373 e. The number of nitrogens with zero attached hydrogens (tertiary/aromatic N) is 1. The lowest BCUT2D eigenvalue weighted by Crippen LogP contribution is -2.24. The number of hydrogen-bond donors (Lipinski definition) is 1. The van der Waals surface area contributed by atoms with Crippen LogP contribution in [-0.4, -0.2) is 18.6 Å². The van der Waals surface area contributed by atoms with Crippen molar-refractivity contribution in [2.75, 3.05) is 13.7 Å². The van der Waals surface area contributed by atoms with E-state index in [1.807, 2.05) is 20.2 Å². The molecule has 3 heteroatoms. The summed E-state index contributed by atoms with van der Waals surface area (Å²) in [4.78, 5) is 4.40. The van der Waals surface area contributed by atoms with E-state index in [0.29, 0.717) is 0 Å². The summed E-state index contributed by atoms with van der Waals surface area (Å²) in [7, 11) is 2.00. The molecular weight excluding hydrogens is 260 g/mol. The first-order valence-corrected chi connectivity index (χ1v) is 7.57. The van der Waals surface area contributed by atoms with Crippen molar-refractivity contribution in [1.82, 2.24) is 10.3 Å². The van der Waals surface area contributed by atoms with Crippen LogP contribution in [0.2, 0.25) is 0 Å². The van der Waals surface area contributed by atoms with Crippen molar-refractivity contribution in [2.24, 2.45) is 0 Å². The quantitative estimate of drug-likeness (QED) is 0.933. The monoisotopic (exact) mass is 282 g/mol. The first-order chi connectivity index (χ1) is 10.3. The van der Waals surface area contributed by atoms with Crippen LogP contribution in [0.5, 0.6) is 0 Å². The molecule has 0 saturated carbocycles. The summed E-state index contributed by atoms with van der Waals surface area (Å²) in [5.41, 5.74) is 5.03. The van der Waals surface area contributed by atoms with Gasteiger partial charge in [-0.2, -0.15) is 0 Å². The van der Waals surface area contributed by atoms with Crippen molar-refractivity contribution in [2.45, 2.75) is 31.9 Å². The van der Waals surface area contributed by atoms with Crippen LogP contribution in [0.1, 0.15) is 41.0 Å². The highest BCUT2D eigenvalue weighted by atomic mass is 16.5. The number of fused-ring (bicyclic) bond motifs is 1. The number of nitrogens with one attached hydrogen (secondary N) is 1. The third-order valence-electron chi connectivity index (χ3n) is 4.23. The number of aromatic nitrogens is 1. The molecule has 0 fully saturated rings. The zero-order valence-corrected chi connectivity index (χ0v) is 12.7. The second-order valence-electron chi connectivity index (χ2n) is 5.62. The smallest absolute Gasteiger partial charge is 0.0845 e. The molecule has 1 aliphatic rings. The maximum Gasteiger partial charge on any atom is 0.0845 e. The van der Waals surface area contributed by atoms with Gasteiger partial charge < -0.3 is 10.1 Å². The molecule has 0 spiro atoms. The second kappa shape index (κ2) is 6.37. The normalized spacial score (nSPS) is 19.0. The fourth-order valence-electron chi connectivity index (χ4n) is 2.99. The Morgan fingerprint density at radius 2 is 2.14 bits per heavy atom. The molecule has 1 aromatic carbocycles. The van der Waals surface area contributed by atoms with Crippen molar-refractivity contribution in [1.29, 1.82) is 0 Å². The van der Waals surface area contributed by atoms with Gasteiger partial charge in [0.15, 0.2) is 0 Å². The molecule has 0 radical (unpaired) electrons. The van der Waals surface area contributed by atoms with E-state index < -0.39 is 0 Å². The molecule has 21 heavy (non-hydrogen) atoms. The van der Waals surface area contributed by atoms with Gasteiger partial charge in [-0.05, 0) is 49.6 Å². The van der Waals surface area contributed by atoms with E-state index >= 15 is 0 Å². The van der Waals surface area contributed by atoms with Gasteiger partial charge in [0, 0.05) is 17.9 Å². The highest BCUT2D eigenvalue weighted by Gasteiger charge is 2.24. The zero-order valence-electron chi connectivity index (χ0n) is 12.7. The van der Waals surface area contributed by atoms with E-state index in [9.17, 15) is 0 Å². The number of rotatable bonds is 4. The number of ether oxygens (including phenoxy) is 1. The van der Waals surface area contributed by atoms with E-state index in [-0.39, 0.29) is 12.1 Å². The summed E-state index contributed by atoms with van der Waals surface area (Å²) in [6, 6.07) is 13.1. The Labute approximate surface area is 126 Å². The molecule has 1 aromatic heterocycles. The molecule has 1 aliphatic heterocycles. The minimum Gasteiger partial charge on any atom is -0.373 e. The number of pyridine rings is 1. The molecule has 0 saturated heterocycles. The number of hydrogen-bond acceptors (Lipinski definition) is 3. The Morgan fingerprint density at radius 3 is 2.90 bits per heavy atom. The average molecular weight is 282 g/mol. The third kappa shape index (κ3) is 3.14. The van der Waals surface area contributed by atoms with E-state index in [1.54, 1.807) is 0 Å². The molecule has 2 unspecified atom stereocenters. The van der Waals surface area contributed by atoms with Crippen molar-refractivity contribution in [3.8, 4) is 0 Å². The summed E-state index contributed by atoms with van der Waals surface area (Å²) in [6.07, 6.45) is 4.07. The minimum absolute atomic E-state index is 0.161. The molecule has 2 atom stereocenters. The molecule has 0 amide bonds. The van der Waals surface area contributed by atoms with Gasteiger partial charge in [0.1, 0.15) is 0 Å². The molecule has 1 N–H and O–H groups in total. The molecule has 110 valence electrons. The SMILES string of the molecule is CNC(CC1OCCc2ccccc21)c1ccc(C)nc1. The second-order valence-corrected chi connectivity index (χ2v) is 5.62. The topological polar surface area (TPSA) is 34.1 Å². The van der Waals surface area contributed by atoms with E-state index in [4.69, 9.17) is 4.74 Å². The van der Waals surface area contributed by atoms with Gasteiger partial charge in [0.2, 0.25) is 0 Å². The van der Waals surface area contributed by atoms with Gasteiger partial charge in [-0.15, -0.1) is 0 Å². The van der Waals surface area contributed by atoms with Crippen molar-refractivity contribution < 1.29 is 4.74 Å². The Balaban J connectivity index is 1.80. The van der Waals surface area contributed by atoms with E-state index in [2.05, 4.69) is 46.7 Å². The van der Waals surface area contributed by atoms with Gasteiger partial charge in [-0.1, -0.05) is 30.3 Å². The fraction of sp³-hybridized carbons (Fsp3) is 0.389. The maximum atomic E-state index is 6.02. The highest BCUT2D eigenvalue weighted by Crippen LogP contribution is 2.34. The van der Waals surface area contributed by atoms with Crippen LogP contribution >= 0.6 is 0 Å². The first-order valence-electron chi connectivity index (χ1n) is 7.57. The summed E-state index contributed by atoms with van der Waals surface area (Å²) in [6.45, 7) is 2.82. The average Bonchev–Trinajstić information content (AvgIpc) is 2.54. The minimum atomic E-state index is 0.161. The Hall–Kier alpha value is -1.71. The van der Waals surface area contributed by atoms with Gasteiger partial charge in [0.05, 0.1) is 12.7 Å². The van der Waals surface area contributed by atoms with Gasteiger partial charge in [-0.25, -0.2) is 0 Å². The summed E-state index contributed by atoms with van der Waals surface area (Å²) >= 11 is 0. The van der Waals surface area contributed by atoms with Crippen LogP contribution in [0.4, 0.5) is 0 Å². The molecule has 2 aromatic rings. The predicted octanol–water partition coefficient (Wildman–Crippen LogP) is 3.35. The molecule has 3 rings (SSSR count). The summed E-state index contributed by atoms with van der Waals surface area (Å²) in [5, 5.41) is 3.40. The maximum absolute atomic E-state index is 6.02. The van der Waals surface area contributed by atoms with Crippen LogP contribution < -0.4 is 5.32 Å². The van der Waals surface area contributed by atoms with Crippen LogP contribution in [0.3, 0.4) is 0 Å². The van der Waals surface area contributed by atoms with Gasteiger partial charge in [0.25, 0.3) is 0 Å². The van der Waals surface area contributed by atoms with Crippen LogP contribution in [0.15, 0.2) is 42.6 Å². The summed E-state index contributed by atoms with van der Waals surface area (Å²) < 4.78 is 6.02. The van der Waals surface area contributed by atoms with Gasteiger partial charge in [-0.3, -0.25) is 4.98 Å². The van der Waals surface area contributed by atoms with E-state index in [1.165, 1.54) is 16.7 Å². The third-order valence-corrected chi connectivity index (χ3v) is 4.23. The Morgan fingerprint density at radius 1 is 1.29 bits per heavy atom. The number of aryl methyl sites for hydroxylation is 1. The molecule has 2 heterocycles. The molecular formula is C18H22N2O. The van der Waals surface area contributed by atoms with Crippen molar-refractivity contribution in [3.63, 3.8) is 0 Å². The lowest BCUT2D eigenvalue weighted by Gasteiger charge is -2.29. The van der Waals surface area contributed by atoms with E-state index in [0.717, 1.165) is 25.1 Å². The first kappa shape index (κ1) is 14.2. The number of benzene rings is 1. The predicted molar refractivity (Wildman–Crippen MR) is 84.2 cm³/mol. The van der Waals surface area contributed by atoms with Crippen LogP contribution in [-0.2, 0) is 11.2 Å². The van der Waals surface area contributed by atoms with Crippen LogP contribution in [0.25, 0.3) is 0 Å².